The molecule has 6 nitrogen and oxygen atoms in total. The molecule has 0 bridgehead atoms. The minimum absolute atomic E-state index is 0.153. The molecule has 2 N–H and O–H groups in total. The van der Waals surface area contributed by atoms with Gasteiger partial charge in [0, 0.05) is 32.8 Å². The Kier molecular flexibility index (Phi) is 6.71. The lowest BCUT2D eigenvalue weighted by Gasteiger charge is -2.33. The van der Waals surface area contributed by atoms with Crippen molar-refractivity contribution in [3.63, 3.8) is 0 Å². The minimum atomic E-state index is -0.463. The molecule has 1 fully saturated rings. The van der Waals surface area contributed by atoms with Crippen LogP contribution in [0.1, 0.15) is 33.6 Å². The average Bonchev–Trinajstić information content (AvgIpc) is 2.29. The number of hydrogen-bond donors (Lipinski definition) is 2. The van der Waals surface area contributed by atoms with Gasteiger partial charge in [0.25, 0.3) is 0 Å². The van der Waals surface area contributed by atoms with E-state index in [1.165, 1.54) is 0 Å². The number of piperidine rings is 1. The molecule has 1 heterocycles. The molecule has 1 aliphatic heterocycles. The molecule has 1 aliphatic rings. The second kappa shape index (κ2) is 7.81. The topological polar surface area (TPSA) is 71.0 Å². The van der Waals surface area contributed by atoms with Gasteiger partial charge in [-0.2, -0.15) is 0 Å². The number of β-amino-alcohol motifs (C(OH)–C–C–N with tert-alkyl or cyclic N) is 1. The summed E-state index contributed by atoms with van der Waals surface area (Å²) in [7, 11) is 1.58. The van der Waals surface area contributed by atoms with Crippen LogP contribution in [0.3, 0.4) is 0 Å². The second-order valence-electron chi connectivity index (χ2n) is 6.33. The summed E-state index contributed by atoms with van der Waals surface area (Å²) in [4.78, 5) is 13.9. The van der Waals surface area contributed by atoms with Gasteiger partial charge in [0.15, 0.2) is 0 Å². The lowest BCUT2D eigenvalue weighted by atomic mass is 10.0. The molecule has 6 heteroatoms. The number of ether oxygens (including phenoxy) is 2. The molecule has 118 valence electrons. The Balaban J connectivity index is 2.23. The van der Waals surface area contributed by atoms with E-state index in [0.717, 1.165) is 25.9 Å². The number of aliphatic hydroxyl groups is 1. The number of alkyl carbamates (subject to hydrolysis) is 1. The lowest BCUT2D eigenvalue weighted by Crippen LogP contribution is -2.47. The number of methoxy groups -OCH3 is 1. The van der Waals surface area contributed by atoms with Gasteiger partial charge in [0.05, 0.1) is 12.7 Å². The zero-order chi connectivity index (χ0) is 15.2. The summed E-state index contributed by atoms with van der Waals surface area (Å²) in [5.74, 6) is 0. The van der Waals surface area contributed by atoms with Crippen LogP contribution in [0.25, 0.3) is 0 Å². The van der Waals surface area contributed by atoms with E-state index in [-0.39, 0.29) is 12.1 Å². The standard InChI is InChI=1S/C14H28N2O4/c1-14(2,3)20-13(18)15-11-5-7-16(8-6-11)9-12(17)10-19-4/h11-12,17H,5-10H2,1-4H3,(H,15,18). The monoisotopic (exact) mass is 288 g/mol. The summed E-state index contributed by atoms with van der Waals surface area (Å²) >= 11 is 0. The molecular formula is C14H28N2O4. The maximum Gasteiger partial charge on any atom is 0.407 e. The van der Waals surface area contributed by atoms with E-state index in [9.17, 15) is 9.90 Å². The van der Waals surface area contributed by atoms with E-state index >= 15 is 0 Å². The van der Waals surface area contributed by atoms with Crippen LogP contribution in [0.4, 0.5) is 4.79 Å². The van der Waals surface area contributed by atoms with Crippen LogP contribution in [0.15, 0.2) is 0 Å². The van der Waals surface area contributed by atoms with E-state index in [1.807, 2.05) is 20.8 Å². The average molecular weight is 288 g/mol. The summed E-state index contributed by atoms with van der Waals surface area (Å²) in [5.41, 5.74) is -0.463. The number of aliphatic hydroxyl groups excluding tert-OH is 1. The summed E-state index contributed by atoms with van der Waals surface area (Å²) in [6, 6.07) is 0.153. The van der Waals surface area contributed by atoms with Gasteiger partial charge in [0.1, 0.15) is 5.60 Å². The molecular weight excluding hydrogens is 260 g/mol. The number of amides is 1. The van der Waals surface area contributed by atoms with Crippen LogP contribution in [0.5, 0.6) is 0 Å². The fourth-order valence-electron chi connectivity index (χ4n) is 2.28. The van der Waals surface area contributed by atoms with Gasteiger partial charge in [-0.15, -0.1) is 0 Å². The second-order valence-corrected chi connectivity index (χ2v) is 6.33. The van der Waals surface area contributed by atoms with Crippen molar-refractivity contribution in [2.45, 2.75) is 51.4 Å². The number of hydrogen-bond acceptors (Lipinski definition) is 5. The van der Waals surface area contributed by atoms with Crippen molar-refractivity contribution in [2.24, 2.45) is 0 Å². The first-order valence-corrected chi connectivity index (χ1v) is 7.19. The van der Waals surface area contributed by atoms with E-state index in [4.69, 9.17) is 9.47 Å². The van der Waals surface area contributed by atoms with Crippen molar-refractivity contribution < 1.29 is 19.4 Å². The molecule has 0 saturated carbocycles. The van der Waals surface area contributed by atoms with E-state index in [1.54, 1.807) is 7.11 Å². The first-order chi connectivity index (χ1) is 9.30. The summed E-state index contributed by atoms with van der Waals surface area (Å²) < 4.78 is 10.2. The number of carbonyl (C=O) groups is 1. The lowest BCUT2D eigenvalue weighted by molar-refractivity contribution is 0.0279. The van der Waals surface area contributed by atoms with Crippen molar-refractivity contribution in [1.82, 2.24) is 10.2 Å². The van der Waals surface area contributed by atoms with Gasteiger partial charge in [-0.1, -0.05) is 0 Å². The van der Waals surface area contributed by atoms with Gasteiger partial charge >= 0.3 is 6.09 Å². The molecule has 1 saturated heterocycles. The fraction of sp³-hybridized carbons (Fsp3) is 0.929. The molecule has 20 heavy (non-hydrogen) atoms. The maximum absolute atomic E-state index is 11.7. The summed E-state index contributed by atoms with van der Waals surface area (Å²) in [6.45, 7) is 8.26. The highest BCUT2D eigenvalue weighted by molar-refractivity contribution is 5.68. The van der Waals surface area contributed by atoms with Gasteiger partial charge in [-0.3, -0.25) is 0 Å². The Morgan fingerprint density at radius 2 is 2.00 bits per heavy atom. The van der Waals surface area contributed by atoms with Crippen LogP contribution >= 0.6 is 0 Å². The quantitative estimate of drug-likeness (QED) is 0.789. The zero-order valence-electron chi connectivity index (χ0n) is 13.0. The maximum atomic E-state index is 11.7. The Bertz CT molecular complexity index is 296. The van der Waals surface area contributed by atoms with E-state index in [0.29, 0.717) is 13.2 Å². The molecule has 0 aliphatic carbocycles. The predicted molar refractivity (Wildman–Crippen MR) is 76.7 cm³/mol. The SMILES string of the molecule is COCC(O)CN1CCC(NC(=O)OC(C)(C)C)CC1. The van der Waals surface area contributed by atoms with Crippen molar-refractivity contribution >= 4 is 6.09 Å². The zero-order valence-corrected chi connectivity index (χ0v) is 13.0. The predicted octanol–water partition coefficient (Wildman–Crippen LogP) is 0.983. The normalized spacial score (nSPS) is 19.6. The number of nitrogens with zero attached hydrogens (tertiary/aromatic N) is 1. The third-order valence-electron chi connectivity index (χ3n) is 3.14. The van der Waals surface area contributed by atoms with Gasteiger partial charge in [-0.05, 0) is 33.6 Å². The van der Waals surface area contributed by atoms with Crippen LogP contribution in [-0.2, 0) is 9.47 Å². The van der Waals surface area contributed by atoms with Crippen molar-refractivity contribution in [3.8, 4) is 0 Å². The fourth-order valence-corrected chi connectivity index (χ4v) is 2.28. The van der Waals surface area contributed by atoms with E-state index in [2.05, 4.69) is 10.2 Å². The number of nitrogens with one attached hydrogen (secondary N) is 1. The molecule has 0 aromatic heterocycles. The van der Waals surface area contributed by atoms with Gasteiger partial charge < -0.3 is 24.8 Å². The van der Waals surface area contributed by atoms with Crippen molar-refractivity contribution in [3.05, 3.63) is 0 Å². The van der Waals surface area contributed by atoms with Crippen molar-refractivity contribution in [1.29, 1.82) is 0 Å². The Morgan fingerprint density at radius 3 is 2.50 bits per heavy atom. The molecule has 1 atom stereocenters. The highest BCUT2D eigenvalue weighted by Gasteiger charge is 2.24. The minimum Gasteiger partial charge on any atom is -0.444 e. The van der Waals surface area contributed by atoms with Crippen molar-refractivity contribution in [2.75, 3.05) is 33.4 Å². The molecule has 1 unspecified atom stereocenters. The first-order valence-electron chi connectivity index (χ1n) is 7.19. The Morgan fingerprint density at radius 1 is 1.40 bits per heavy atom. The first kappa shape index (κ1) is 17.2. The molecule has 0 aromatic carbocycles. The van der Waals surface area contributed by atoms with Gasteiger partial charge in [0.2, 0.25) is 0 Å². The molecule has 0 radical (unpaired) electrons. The van der Waals surface area contributed by atoms with Gasteiger partial charge in [-0.25, -0.2) is 4.79 Å². The van der Waals surface area contributed by atoms with Crippen LogP contribution in [-0.4, -0.2) is 67.2 Å². The summed E-state index contributed by atoms with van der Waals surface area (Å²) in [5, 5.41) is 12.6. The highest BCUT2D eigenvalue weighted by Crippen LogP contribution is 2.12. The third kappa shape index (κ3) is 7.07. The Hall–Kier alpha value is -0.850. The summed E-state index contributed by atoms with van der Waals surface area (Å²) in [6.07, 6.45) is 0.948. The highest BCUT2D eigenvalue weighted by atomic mass is 16.6. The van der Waals surface area contributed by atoms with Crippen LogP contribution in [0.2, 0.25) is 0 Å². The number of rotatable bonds is 5. The van der Waals surface area contributed by atoms with Crippen LogP contribution < -0.4 is 5.32 Å². The molecule has 1 rings (SSSR count). The molecule has 1 amide bonds. The third-order valence-corrected chi connectivity index (χ3v) is 3.14. The van der Waals surface area contributed by atoms with E-state index < -0.39 is 11.7 Å². The molecule has 0 aromatic rings. The molecule has 0 spiro atoms. The number of carbonyl (C=O) groups excluding carboxylic acids is 1. The van der Waals surface area contributed by atoms with Crippen LogP contribution in [0, 0.1) is 0 Å². The smallest absolute Gasteiger partial charge is 0.407 e. The number of likely N-dealkylation sites (tertiary alicyclic amines) is 1. The largest absolute Gasteiger partial charge is 0.444 e. The Labute approximate surface area is 121 Å².